The second-order valence-electron chi connectivity index (χ2n) is 6.24. The number of aliphatic carboxylic acids is 1. The van der Waals surface area contributed by atoms with Gasteiger partial charge in [0.15, 0.2) is 0 Å². The SMILES string of the molecule is CCC[C@@H]1CCc2c(sc(NC(=O)CCCC(=O)[O-])c2C(N)=O)C1. The van der Waals surface area contributed by atoms with E-state index in [1.54, 1.807) is 0 Å². The fourth-order valence-corrected chi connectivity index (χ4v) is 4.62. The van der Waals surface area contributed by atoms with Crippen molar-refractivity contribution in [1.29, 1.82) is 0 Å². The van der Waals surface area contributed by atoms with E-state index in [-0.39, 0.29) is 25.2 Å². The van der Waals surface area contributed by atoms with Crippen LogP contribution in [0.5, 0.6) is 0 Å². The maximum absolute atomic E-state index is 12.0. The Hall–Kier alpha value is -1.89. The van der Waals surface area contributed by atoms with Crippen molar-refractivity contribution in [2.45, 2.75) is 58.3 Å². The van der Waals surface area contributed by atoms with E-state index in [1.165, 1.54) is 11.3 Å². The molecule has 0 aromatic carbocycles. The Labute approximate surface area is 145 Å². The molecule has 3 N–H and O–H groups in total. The first kappa shape index (κ1) is 18.4. The average Bonchev–Trinajstić information content (AvgIpc) is 2.84. The summed E-state index contributed by atoms with van der Waals surface area (Å²) in [4.78, 5) is 35.4. The topological polar surface area (TPSA) is 112 Å². The summed E-state index contributed by atoms with van der Waals surface area (Å²) in [6.45, 7) is 2.16. The van der Waals surface area contributed by atoms with Gasteiger partial charge in [-0.1, -0.05) is 19.8 Å². The van der Waals surface area contributed by atoms with Crippen molar-refractivity contribution < 1.29 is 19.5 Å². The number of primary amides is 1. The maximum Gasteiger partial charge on any atom is 0.251 e. The third-order valence-corrected chi connectivity index (χ3v) is 5.52. The molecule has 0 aliphatic heterocycles. The standard InChI is InChI=1S/C17H24N2O4S/c1-2-4-10-7-8-11-12(9-10)24-17(15(11)16(18)23)19-13(20)5-3-6-14(21)22/h10H,2-9H2,1H3,(H2,18,23)(H,19,20)(H,21,22)/p-1/t10-/m1/s1. The van der Waals surface area contributed by atoms with Gasteiger partial charge in [-0.05, 0) is 43.6 Å². The Morgan fingerprint density at radius 1 is 1.33 bits per heavy atom. The summed E-state index contributed by atoms with van der Waals surface area (Å²) in [6.07, 6.45) is 5.21. The number of rotatable bonds is 8. The molecule has 1 aromatic heterocycles. The van der Waals surface area contributed by atoms with Gasteiger partial charge in [-0.15, -0.1) is 11.3 Å². The number of carboxylic acids is 1. The number of anilines is 1. The molecule has 0 spiro atoms. The van der Waals surface area contributed by atoms with E-state index in [0.29, 0.717) is 16.5 Å². The van der Waals surface area contributed by atoms with Crippen LogP contribution in [0.2, 0.25) is 0 Å². The molecule has 1 aliphatic carbocycles. The van der Waals surface area contributed by atoms with Crippen molar-refractivity contribution in [3.63, 3.8) is 0 Å². The molecule has 0 radical (unpaired) electrons. The van der Waals surface area contributed by atoms with Crippen molar-refractivity contribution in [3.8, 4) is 0 Å². The molecular formula is C17H23N2O4S-. The first-order chi connectivity index (χ1) is 11.4. The van der Waals surface area contributed by atoms with Gasteiger partial charge in [-0.3, -0.25) is 9.59 Å². The Kier molecular flexibility index (Phi) is 6.36. The van der Waals surface area contributed by atoms with Gasteiger partial charge in [0.2, 0.25) is 5.91 Å². The molecule has 6 nitrogen and oxygen atoms in total. The highest BCUT2D eigenvalue weighted by Crippen LogP contribution is 2.40. The molecule has 2 rings (SSSR count). The Bertz CT molecular complexity index is 639. The lowest BCUT2D eigenvalue weighted by atomic mass is 9.84. The van der Waals surface area contributed by atoms with Gasteiger partial charge in [-0.25, -0.2) is 0 Å². The molecule has 1 aliphatic rings. The molecule has 0 bridgehead atoms. The van der Waals surface area contributed by atoms with Crippen LogP contribution in [0.1, 0.15) is 66.2 Å². The van der Waals surface area contributed by atoms with E-state index in [4.69, 9.17) is 5.73 Å². The summed E-state index contributed by atoms with van der Waals surface area (Å²) in [5, 5.41) is 13.6. The van der Waals surface area contributed by atoms with Crippen molar-refractivity contribution >= 4 is 34.1 Å². The minimum absolute atomic E-state index is 0.0766. The number of carboxylic acid groups (broad SMARTS) is 1. The number of nitrogens with one attached hydrogen (secondary N) is 1. The molecule has 1 atom stereocenters. The number of hydrogen-bond acceptors (Lipinski definition) is 5. The molecule has 0 fully saturated rings. The molecule has 24 heavy (non-hydrogen) atoms. The van der Waals surface area contributed by atoms with E-state index >= 15 is 0 Å². The summed E-state index contributed by atoms with van der Waals surface area (Å²) >= 11 is 1.43. The van der Waals surface area contributed by atoms with Gasteiger partial charge in [-0.2, -0.15) is 0 Å². The Balaban J connectivity index is 2.11. The molecule has 0 unspecified atom stereocenters. The molecule has 1 heterocycles. The van der Waals surface area contributed by atoms with Gasteiger partial charge in [0.1, 0.15) is 5.00 Å². The molecule has 0 saturated carbocycles. The van der Waals surface area contributed by atoms with Crippen molar-refractivity contribution in [2.24, 2.45) is 11.7 Å². The number of carbonyl (C=O) groups is 3. The van der Waals surface area contributed by atoms with Crippen LogP contribution in [-0.4, -0.2) is 17.8 Å². The number of hydrogen-bond donors (Lipinski definition) is 2. The van der Waals surface area contributed by atoms with E-state index < -0.39 is 11.9 Å². The zero-order chi connectivity index (χ0) is 17.7. The monoisotopic (exact) mass is 351 g/mol. The number of thiophene rings is 1. The van der Waals surface area contributed by atoms with E-state index in [1.807, 2.05) is 0 Å². The third-order valence-electron chi connectivity index (χ3n) is 4.35. The highest BCUT2D eigenvalue weighted by atomic mass is 32.1. The van der Waals surface area contributed by atoms with Gasteiger partial charge in [0.25, 0.3) is 5.91 Å². The lowest BCUT2D eigenvalue weighted by Crippen LogP contribution is -2.22. The van der Waals surface area contributed by atoms with Crippen LogP contribution in [0.4, 0.5) is 5.00 Å². The summed E-state index contributed by atoms with van der Waals surface area (Å²) in [5.74, 6) is -1.38. The number of carbonyl (C=O) groups excluding carboxylic acids is 3. The predicted octanol–water partition coefficient (Wildman–Crippen LogP) is 1.61. The van der Waals surface area contributed by atoms with Crippen molar-refractivity contribution in [1.82, 2.24) is 0 Å². The fraction of sp³-hybridized carbons (Fsp3) is 0.588. The number of nitrogens with two attached hydrogens (primary N) is 1. The van der Waals surface area contributed by atoms with Gasteiger partial charge < -0.3 is 21.0 Å². The molecule has 132 valence electrons. The minimum atomic E-state index is -1.17. The van der Waals surface area contributed by atoms with Gasteiger partial charge in [0, 0.05) is 17.3 Å². The van der Waals surface area contributed by atoms with E-state index in [9.17, 15) is 19.5 Å². The average molecular weight is 351 g/mol. The summed E-state index contributed by atoms with van der Waals surface area (Å²) in [5.41, 5.74) is 6.93. The van der Waals surface area contributed by atoms with E-state index in [0.717, 1.165) is 42.5 Å². The largest absolute Gasteiger partial charge is 0.550 e. The molecule has 0 saturated heterocycles. The molecule has 2 amide bonds. The van der Waals surface area contributed by atoms with Gasteiger partial charge in [0.05, 0.1) is 5.56 Å². The van der Waals surface area contributed by atoms with Crippen LogP contribution >= 0.6 is 11.3 Å². The van der Waals surface area contributed by atoms with Crippen LogP contribution in [0.3, 0.4) is 0 Å². The first-order valence-corrected chi connectivity index (χ1v) is 9.18. The zero-order valence-electron chi connectivity index (χ0n) is 13.9. The maximum atomic E-state index is 12.0. The van der Waals surface area contributed by atoms with Crippen molar-refractivity contribution in [2.75, 3.05) is 5.32 Å². The normalized spacial score (nSPS) is 16.5. The van der Waals surface area contributed by atoms with Crippen LogP contribution in [0.15, 0.2) is 0 Å². The predicted molar refractivity (Wildman–Crippen MR) is 90.7 cm³/mol. The summed E-state index contributed by atoms with van der Waals surface area (Å²) < 4.78 is 0. The number of fused-ring (bicyclic) bond motifs is 1. The van der Waals surface area contributed by atoms with Crippen LogP contribution in [-0.2, 0) is 22.4 Å². The molecule has 1 aromatic rings. The lowest BCUT2D eigenvalue weighted by Gasteiger charge is -2.21. The number of amides is 2. The quantitative estimate of drug-likeness (QED) is 0.741. The van der Waals surface area contributed by atoms with Crippen LogP contribution in [0.25, 0.3) is 0 Å². The van der Waals surface area contributed by atoms with E-state index in [2.05, 4.69) is 12.2 Å². The summed E-state index contributed by atoms with van der Waals surface area (Å²) in [6, 6.07) is 0. The summed E-state index contributed by atoms with van der Waals surface area (Å²) in [7, 11) is 0. The highest BCUT2D eigenvalue weighted by molar-refractivity contribution is 7.17. The Morgan fingerprint density at radius 3 is 2.71 bits per heavy atom. The van der Waals surface area contributed by atoms with Gasteiger partial charge >= 0.3 is 0 Å². The second-order valence-corrected chi connectivity index (χ2v) is 7.35. The molecular weight excluding hydrogens is 328 g/mol. The second kappa shape index (κ2) is 8.28. The first-order valence-electron chi connectivity index (χ1n) is 8.36. The minimum Gasteiger partial charge on any atom is -0.550 e. The highest BCUT2D eigenvalue weighted by Gasteiger charge is 2.28. The van der Waals surface area contributed by atoms with Crippen LogP contribution in [0, 0.1) is 5.92 Å². The Morgan fingerprint density at radius 2 is 2.08 bits per heavy atom. The fourth-order valence-electron chi connectivity index (χ4n) is 3.24. The lowest BCUT2D eigenvalue weighted by molar-refractivity contribution is -0.305. The zero-order valence-corrected chi connectivity index (χ0v) is 14.7. The molecule has 7 heteroatoms. The third kappa shape index (κ3) is 4.56. The smallest absolute Gasteiger partial charge is 0.251 e. The van der Waals surface area contributed by atoms with Crippen molar-refractivity contribution in [3.05, 3.63) is 16.0 Å². The van der Waals surface area contributed by atoms with Crippen LogP contribution < -0.4 is 16.2 Å².